The van der Waals surface area contributed by atoms with Gasteiger partial charge in [0.2, 0.25) is 0 Å². The number of carbonyl (C=O) groups excluding carboxylic acids is 1. The van der Waals surface area contributed by atoms with Crippen molar-refractivity contribution in [2.75, 3.05) is 20.7 Å². The molecule has 1 aromatic rings. The van der Waals surface area contributed by atoms with E-state index in [0.717, 1.165) is 6.20 Å². The molecule has 0 aromatic carbocycles. The fourth-order valence-corrected chi connectivity index (χ4v) is 1.32. The highest BCUT2D eigenvalue weighted by atomic mass is 19.3. The van der Waals surface area contributed by atoms with Crippen LogP contribution in [0.3, 0.4) is 0 Å². The van der Waals surface area contributed by atoms with Gasteiger partial charge in [0.05, 0.1) is 13.2 Å². The van der Waals surface area contributed by atoms with Gasteiger partial charge in [-0.25, -0.2) is 23.5 Å². The number of esters is 1. The lowest BCUT2D eigenvalue weighted by Gasteiger charge is -2.11. The molecule has 0 bridgehead atoms. The zero-order chi connectivity index (χ0) is 13.7. The van der Waals surface area contributed by atoms with Crippen molar-refractivity contribution in [3.8, 4) is 0 Å². The van der Waals surface area contributed by atoms with Crippen LogP contribution in [0.4, 0.5) is 8.78 Å². The van der Waals surface area contributed by atoms with Crippen LogP contribution in [-0.2, 0) is 11.3 Å². The van der Waals surface area contributed by atoms with Gasteiger partial charge in [0.15, 0.2) is 0 Å². The third kappa shape index (κ3) is 3.69. The Labute approximate surface area is 104 Å². The van der Waals surface area contributed by atoms with Crippen molar-refractivity contribution in [3.05, 3.63) is 23.3 Å². The Kier molecular flexibility index (Phi) is 5.08. The highest BCUT2D eigenvalue weighted by Gasteiger charge is 2.22. The molecule has 0 aliphatic heterocycles. The van der Waals surface area contributed by atoms with Gasteiger partial charge in [0.25, 0.3) is 6.43 Å². The molecule has 0 aliphatic carbocycles. The van der Waals surface area contributed by atoms with Crippen molar-refractivity contribution < 1.29 is 18.3 Å². The Hall–Kier alpha value is -1.63. The predicted molar refractivity (Wildman–Crippen MR) is 60.3 cm³/mol. The third-order valence-electron chi connectivity index (χ3n) is 2.03. The molecule has 0 N–H and O–H groups in total. The molecule has 1 aromatic heterocycles. The van der Waals surface area contributed by atoms with Gasteiger partial charge in [0, 0.05) is 6.20 Å². The first-order valence-corrected chi connectivity index (χ1v) is 5.41. The minimum atomic E-state index is -2.84. The van der Waals surface area contributed by atoms with Gasteiger partial charge in [0.1, 0.15) is 17.1 Å². The lowest BCUT2D eigenvalue weighted by atomic mass is 10.2. The Balaban J connectivity index is 3.08. The van der Waals surface area contributed by atoms with Gasteiger partial charge in [-0.05, 0) is 21.0 Å². The normalized spacial score (nSPS) is 11.1. The number of ether oxygens (including phenoxy) is 1. The molecule has 0 radical (unpaired) electrons. The molecule has 1 rings (SSSR count). The number of halogens is 2. The summed E-state index contributed by atoms with van der Waals surface area (Å²) in [4.78, 5) is 20.8. The molecule has 7 heteroatoms. The molecule has 100 valence electrons. The molecule has 0 fully saturated rings. The Morgan fingerprint density at radius 2 is 2.17 bits per heavy atom. The second-order valence-corrected chi connectivity index (χ2v) is 3.84. The largest absolute Gasteiger partial charge is 0.462 e. The van der Waals surface area contributed by atoms with Gasteiger partial charge in [-0.3, -0.25) is 0 Å². The second-order valence-electron chi connectivity index (χ2n) is 3.84. The van der Waals surface area contributed by atoms with Gasteiger partial charge < -0.3 is 9.64 Å². The summed E-state index contributed by atoms with van der Waals surface area (Å²) >= 11 is 0. The molecule has 0 spiro atoms. The molecular weight excluding hydrogens is 244 g/mol. The molecule has 5 nitrogen and oxygen atoms in total. The van der Waals surface area contributed by atoms with E-state index in [0.29, 0.717) is 6.54 Å². The van der Waals surface area contributed by atoms with Crippen molar-refractivity contribution >= 4 is 5.97 Å². The molecule has 0 aliphatic rings. The maximum atomic E-state index is 12.8. The van der Waals surface area contributed by atoms with Crippen LogP contribution in [0, 0.1) is 0 Å². The van der Waals surface area contributed by atoms with E-state index in [9.17, 15) is 13.6 Å². The monoisotopic (exact) mass is 259 g/mol. The number of alkyl halides is 2. The number of hydrogen-bond acceptors (Lipinski definition) is 5. The van der Waals surface area contributed by atoms with Crippen molar-refractivity contribution in [3.63, 3.8) is 0 Å². The molecule has 0 atom stereocenters. The predicted octanol–water partition coefficient (Wildman–Crippen LogP) is 1.65. The van der Waals surface area contributed by atoms with E-state index >= 15 is 0 Å². The number of aromatic nitrogens is 2. The first-order chi connectivity index (χ1) is 8.45. The molecule has 1 heterocycles. The van der Waals surface area contributed by atoms with E-state index in [1.54, 1.807) is 25.9 Å². The van der Waals surface area contributed by atoms with E-state index in [4.69, 9.17) is 0 Å². The van der Waals surface area contributed by atoms with Crippen molar-refractivity contribution in [2.45, 2.75) is 19.9 Å². The quantitative estimate of drug-likeness (QED) is 0.753. The fourth-order valence-electron chi connectivity index (χ4n) is 1.32. The smallest absolute Gasteiger partial charge is 0.341 e. The van der Waals surface area contributed by atoms with E-state index in [1.165, 1.54) is 0 Å². The van der Waals surface area contributed by atoms with Crippen molar-refractivity contribution in [1.29, 1.82) is 0 Å². The molecule has 0 amide bonds. The maximum Gasteiger partial charge on any atom is 0.341 e. The summed E-state index contributed by atoms with van der Waals surface area (Å²) in [6.07, 6.45) is -1.75. The topological polar surface area (TPSA) is 55.3 Å². The fraction of sp³-hybridized carbons (Fsp3) is 0.545. The average molecular weight is 259 g/mol. The maximum absolute atomic E-state index is 12.8. The van der Waals surface area contributed by atoms with Crippen LogP contribution in [0.2, 0.25) is 0 Å². The number of rotatable bonds is 5. The van der Waals surface area contributed by atoms with Gasteiger partial charge in [-0.2, -0.15) is 0 Å². The van der Waals surface area contributed by atoms with Crippen LogP contribution in [0.5, 0.6) is 0 Å². The summed E-state index contributed by atoms with van der Waals surface area (Å²) in [5.41, 5.74) is -0.866. The minimum Gasteiger partial charge on any atom is -0.462 e. The second kappa shape index (κ2) is 6.34. The number of carbonyl (C=O) groups is 1. The molecule has 0 saturated heterocycles. The first kappa shape index (κ1) is 14.4. The molecule has 0 saturated carbocycles. The highest BCUT2D eigenvalue weighted by molar-refractivity contribution is 5.90. The van der Waals surface area contributed by atoms with Gasteiger partial charge >= 0.3 is 5.97 Å². The van der Waals surface area contributed by atoms with Crippen LogP contribution >= 0.6 is 0 Å². The van der Waals surface area contributed by atoms with E-state index in [1.807, 2.05) is 0 Å². The summed E-state index contributed by atoms with van der Waals surface area (Å²) in [6, 6.07) is 0. The lowest BCUT2D eigenvalue weighted by Crippen LogP contribution is -2.17. The zero-order valence-corrected chi connectivity index (χ0v) is 10.5. The van der Waals surface area contributed by atoms with E-state index in [-0.39, 0.29) is 18.0 Å². The van der Waals surface area contributed by atoms with Crippen molar-refractivity contribution in [2.24, 2.45) is 0 Å². The van der Waals surface area contributed by atoms with Crippen LogP contribution in [0.15, 0.2) is 6.20 Å². The Bertz CT molecular complexity index is 425. The summed E-state index contributed by atoms with van der Waals surface area (Å²) in [7, 11) is 3.54. The van der Waals surface area contributed by atoms with Crippen LogP contribution in [-0.4, -0.2) is 41.5 Å². The third-order valence-corrected chi connectivity index (χ3v) is 2.03. The average Bonchev–Trinajstić information content (AvgIpc) is 2.28. The van der Waals surface area contributed by atoms with Gasteiger partial charge in [-0.15, -0.1) is 0 Å². The summed E-state index contributed by atoms with van der Waals surface area (Å²) < 4.78 is 30.3. The Morgan fingerprint density at radius 3 is 2.67 bits per heavy atom. The lowest BCUT2D eigenvalue weighted by molar-refractivity contribution is 0.0512. The minimum absolute atomic E-state index is 0.112. The molecular formula is C11H15F2N3O2. The molecule has 0 unspecified atom stereocenters. The zero-order valence-electron chi connectivity index (χ0n) is 10.5. The van der Waals surface area contributed by atoms with Crippen LogP contribution in [0.1, 0.15) is 35.2 Å². The van der Waals surface area contributed by atoms with Gasteiger partial charge in [-0.1, -0.05) is 0 Å². The van der Waals surface area contributed by atoms with Crippen molar-refractivity contribution in [1.82, 2.24) is 14.9 Å². The summed E-state index contributed by atoms with van der Waals surface area (Å²) in [5, 5.41) is 0. The molecule has 18 heavy (non-hydrogen) atoms. The SMILES string of the molecule is CCOC(=O)c1cnc(CN(C)C)nc1C(F)F. The number of nitrogens with zero attached hydrogens (tertiary/aromatic N) is 3. The summed E-state index contributed by atoms with van der Waals surface area (Å²) in [5.74, 6) is -0.590. The first-order valence-electron chi connectivity index (χ1n) is 5.41. The highest BCUT2D eigenvalue weighted by Crippen LogP contribution is 2.21. The van der Waals surface area contributed by atoms with Crippen LogP contribution < -0.4 is 0 Å². The Morgan fingerprint density at radius 1 is 1.50 bits per heavy atom. The number of hydrogen-bond donors (Lipinski definition) is 0. The van der Waals surface area contributed by atoms with Crippen LogP contribution in [0.25, 0.3) is 0 Å². The van der Waals surface area contributed by atoms with E-state index < -0.39 is 18.1 Å². The summed E-state index contributed by atoms with van der Waals surface area (Å²) in [6.45, 7) is 2.03. The standard InChI is InChI=1S/C11H15F2N3O2/c1-4-18-11(17)7-5-14-8(6-16(2)3)15-9(7)10(12)13/h5,10H,4,6H2,1-3H3. The van der Waals surface area contributed by atoms with E-state index in [2.05, 4.69) is 14.7 Å².